The Morgan fingerprint density at radius 2 is 1.91 bits per heavy atom. The highest BCUT2D eigenvalue weighted by molar-refractivity contribution is 7.39. The molecular formula is C8H19O2P. The van der Waals surface area contributed by atoms with Gasteiger partial charge >= 0.3 is 0 Å². The molecule has 0 aromatic carbocycles. The monoisotopic (exact) mass is 178 g/mol. The van der Waals surface area contributed by atoms with Crippen molar-refractivity contribution in [1.82, 2.24) is 0 Å². The first-order chi connectivity index (χ1) is 5.31. The van der Waals surface area contributed by atoms with Crippen LogP contribution in [0, 0.1) is 0 Å². The van der Waals surface area contributed by atoms with Crippen molar-refractivity contribution >= 4 is 8.03 Å². The maximum atomic E-state index is 11.0. The molecule has 0 spiro atoms. The molecule has 0 rings (SSSR count). The number of hydrogen-bond acceptors (Lipinski definition) is 2. The summed E-state index contributed by atoms with van der Waals surface area (Å²) in [6, 6.07) is 0. The van der Waals surface area contributed by atoms with Crippen LogP contribution in [0.1, 0.15) is 39.5 Å². The molecule has 0 heterocycles. The minimum absolute atomic E-state index is 0.686. The van der Waals surface area contributed by atoms with Crippen molar-refractivity contribution in [3.8, 4) is 0 Å². The fraction of sp³-hybridized carbons (Fsp3) is 1.00. The van der Waals surface area contributed by atoms with Gasteiger partial charge in [-0.05, 0) is 12.8 Å². The summed E-state index contributed by atoms with van der Waals surface area (Å²) in [7, 11) is -1.67. The summed E-state index contributed by atoms with van der Waals surface area (Å²) < 4.78 is 16.1. The average Bonchev–Trinajstić information content (AvgIpc) is 1.99. The highest BCUT2D eigenvalue weighted by Crippen LogP contribution is 2.22. The molecule has 0 fully saturated rings. The van der Waals surface area contributed by atoms with E-state index in [0.29, 0.717) is 6.61 Å². The molecule has 0 amide bonds. The average molecular weight is 178 g/mol. The molecular weight excluding hydrogens is 159 g/mol. The van der Waals surface area contributed by atoms with Gasteiger partial charge in [0, 0.05) is 6.16 Å². The molecule has 0 aromatic rings. The van der Waals surface area contributed by atoms with Gasteiger partial charge in [0.15, 0.2) is 8.03 Å². The predicted molar refractivity (Wildman–Crippen MR) is 49.6 cm³/mol. The Kier molecular flexibility index (Phi) is 8.43. The van der Waals surface area contributed by atoms with Crippen LogP contribution in [0.25, 0.3) is 0 Å². The maximum absolute atomic E-state index is 11.0. The van der Waals surface area contributed by atoms with Crippen molar-refractivity contribution in [3.05, 3.63) is 0 Å². The molecule has 0 aliphatic carbocycles. The zero-order valence-corrected chi connectivity index (χ0v) is 8.56. The van der Waals surface area contributed by atoms with Crippen LogP contribution < -0.4 is 0 Å². The van der Waals surface area contributed by atoms with E-state index in [2.05, 4.69) is 6.92 Å². The van der Waals surface area contributed by atoms with Crippen molar-refractivity contribution in [2.24, 2.45) is 0 Å². The summed E-state index contributed by atoms with van der Waals surface area (Å²) in [6.45, 7) is 4.86. The lowest BCUT2D eigenvalue weighted by Crippen LogP contribution is -1.87. The lowest BCUT2D eigenvalue weighted by Gasteiger charge is -2.01. The molecule has 0 saturated carbocycles. The van der Waals surface area contributed by atoms with E-state index in [-0.39, 0.29) is 0 Å². The van der Waals surface area contributed by atoms with E-state index in [4.69, 9.17) is 4.52 Å². The summed E-state index contributed by atoms with van der Waals surface area (Å²) in [6.07, 6.45) is 5.14. The molecule has 0 aromatic heterocycles. The van der Waals surface area contributed by atoms with Gasteiger partial charge in [-0.1, -0.05) is 26.7 Å². The van der Waals surface area contributed by atoms with Crippen LogP contribution in [0.15, 0.2) is 0 Å². The molecule has 0 aliphatic rings. The second kappa shape index (κ2) is 8.29. The quantitative estimate of drug-likeness (QED) is 0.442. The second-order valence-electron chi connectivity index (χ2n) is 2.68. The molecule has 68 valence electrons. The van der Waals surface area contributed by atoms with E-state index in [1.54, 1.807) is 0 Å². The van der Waals surface area contributed by atoms with Gasteiger partial charge in [-0.2, -0.15) is 0 Å². The Bertz CT molecular complexity index is 104. The van der Waals surface area contributed by atoms with Crippen molar-refractivity contribution in [2.45, 2.75) is 39.5 Å². The van der Waals surface area contributed by atoms with Gasteiger partial charge in [0.25, 0.3) is 0 Å². The minimum atomic E-state index is -1.67. The van der Waals surface area contributed by atoms with E-state index in [0.717, 1.165) is 19.0 Å². The predicted octanol–water partition coefficient (Wildman–Crippen LogP) is 3.08. The van der Waals surface area contributed by atoms with E-state index >= 15 is 0 Å². The third-order valence-corrected chi connectivity index (χ3v) is 2.90. The van der Waals surface area contributed by atoms with Gasteiger partial charge in [-0.3, -0.25) is 4.57 Å². The molecule has 3 heteroatoms. The fourth-order valence-electron chi connectivity index (χ4n) is 0.814. The highest BCUT2D eigenvalue weighted by atomic mass is 31.1. The smallest absolute Gasteiger partial charge is 0.191 e. The van der Waals surface area contributed by atoms with Crippen LogP contribution in [-0.4, -0.2) is 12.8 Å². The number of rotatable bonds is 7. The van der Waals surface area contributed by atoms with Crippen LogP contribution in [0.3, 0.4) is 0 Å². The van der Waals surface area contributed by atoms with E-state index in [1.807, 2.05) is 6.92 Å². The molecule has 1 unspecified atom stereocenters. The van der Waals surface area contributed by atoms with Crippen LogP contribution in [0.5, 0.6) is 0 Å². The minimum Gasteiger partial charge on any atom is -0.330 e. The van der Waals surface area contributed by atoms with Crippen molar-refractivity contribution in [2.75, 3.05) is 12.8 Å². The van der Waals surface area contributed by atoms with E-state index < -0.39 is 8.03 Å². The summed E-state index contributed by atoms with van der Waals surface area (Å²) in [5.41, 5.74) is 0. The molecule has 0 saturated heterocycles. The molecule has 1 atom stereocenters. The third-order valence-electron chi connectivity index (χ3n) is 1.47. The van der Waals surface area contributed by atoms with E-state index in [1.165, 1.54) is 12.8 Å². The Hall–Kier alpha value is 0.190. The SMILES string of the molecule is CCCCCO[PH](=O)CCC. The molecule has 2 nitrogen and oxygen atoms in total. The first-order valence-electron chi connectivity index (χ1n) is 4.46. The van der Waals surface area contributed by atoms with Gasteiger partial charge in [0.1, 0.15) is 0 Å². The third kappa shape index (κ3) is 8.09. The molecule has 0 aliphatic heterocycles. The standard InChI is InChI=1S/C8H19O2P/c1-3-5-6-7-10-11(9)8-4-2/h11H,3-8H2,1-2H3. The van der Waals surface area contributed by atoms with Crippen molar-refractivity contribution in [3.63, 3.8) is 0 Å². The molecule has 0 bridgehead atoms. The lowest BCUT2D eigenvalue weighted by molar-refractivity contribution is 0.317. The van der Waals surface area contributed by atoms with Gasteiger partial charge in [0.2, 0.25) is 0 Å². The summed E-state index contributed by atoms with van der Waals surface area (Å²) >= 11 is 0. The van der Waals surface area contributed by atoms with Gasteiger partial charge in [-0.15, -0.1) is 0 Å². The Balaban J connectivity index is 3.04. The molecule has 0 radical (unpaired) electrons. The maximum Gasteiger partial charge on any atom is 0.191 e. The van der Waals surface area contributed by atoms with Gasteiger partial charge < -0.3 is 4.52 Å². The van der Waals surface area contributed by atoms with Gasteiger partial charge in [-0.25, -0.2) is 0 Å². The zero-order chi connectivity index (χ0) is 8.53. The lowest BCUT2D eigenvalue weighted by atomic mass is 10.3. The largest absolute Gasteiger partial charge is 0.330 e. The van der Waals surface area contributed by atoms with Crippen LogP contribution in [-0.2, 0) is 9.09 Å². The topological polar surface area (TPSA) is 26.3 Å². The van der Waals surface area contributed by atoms with Crippen LogP contribution in [0.2, 0.25) is 0 Å². The van der Waals surface area contributed by atoms with Gasteiger partial charge in [0.05, 0.1) is 6.61 Å². The first-order valence-corrected chi connectivity index (χ1v) is 5.99. The summed E-state index contributed by atoms with van der Waals surface area (Å²) in [5.74, 6) is 0. The van der Waals surface area contributed by atoms with Crippen molar-refractivity contribution < 1.29 is 9.09 Å². The van der Waals surface area contributed by atoms with Crippen LogP contribution in [0.4, 0.5) is 0 Å². The molecule has 0 N–H and O–H groups in total. The fourth-order valence-corrected chi connectivity index (χ4v) is 1.74. The molecule has 11 heavy (non-hydrogen) atoms. The highest BCUT2D eigenvalue weighted by Gasteiger charge is 1.95. The Morgan fingerprint density at radius 3 is 2.45 bits per heavy atom. The second-order valence-corrected chi connectivity index (χ2v) is 4.21. The number of unbranched alkanes of at least 4 members (excludes halogenated alkanes) is 2. The normalized spacial score (nSPS) is 13.3. The van der Waals surface area contributed by atoms with Crippen LogP contribution >= 0.6 is 8.03 Å². The number of hydrogen-bond donors (Lipinski definition) is 0. The Morgan fingerprint density at radius 1 is 1.18 bits per heavy atom. The summed E-state index contributed by atoms with van der Waals surface area (Å²) in [5, 5.41) is 0. The summed E-state index contributed by atoms with van der Waals surface area (Å²) in [4.78, 5) is 0. The zero-order valence-electron chi connectivity index (χ0n) is 7.56. The van der Waals surface area contributed by atoms with Crippen molar-refractivity contribution in [1.29, 1.82) is 0 Å². The van der Waals surface area contributed by atoms with E-state index in [9.17, 15) is 4.57 Å². The first kappa shape index (κ1) is 11.2. The Labute approximate surface area is 70.2 Å².